The number of H-pyrrole nitrogens is 1. The Morgan fingerprint density at radius 3 is 2.92 bits per heavy atom. The van der Waals surface area contributed by atoms with Crippen LogP contribution in [0.5, 0.6) is 0 Å². The number of nitrogens with zero attached hydrogens (tertiary/aromatic N) is 3. The lowest BCUT2D eigenvalue weighted by atomic mass is 10.1. The van der Waals surface area contributed by atoms with Crippen molar-refractivity contribution in [2.75, 3.05) is 11.9 Å². The molecule has 1 aromatic heterocycles. The maximum atomic E-state index is 12.4. The number of nitrogens with one attached hydrogen (secondary N) is 3. The van der Waals surface area contributed by atoms with Crippen molar-refractivity contribution in [2.45, 2.75) is 20.0 Å². The average molecular weight is 324 g/mol. The van der Waals surface area contributed by atoms with Gasteiger partial charge in [0.15, 0.2) is 5.82 Å². The molecule has 0 atom stereocenters. The van der Waals surface area contributed by atoms with E-state index in [9.17, 15) is 9.59 Å². The first-order chi connectivity index (χ1) is 11.6. The van der Waals surface area contributed by atoms with Gasteiger partial charge in [-0.05, 0) is 19.1 Å². The number of amides is 3. The number of aromatic amines is 1. The number of urea groups is 1. The van der Waals surface area contributed by atoms with Crippen LogP contribution in [0.4, 0.5) is 10.6 Å². The molecule has 0 unspecified atom stereocenters. The monoisotopic (exact) mass is 324 g/mol. The Balaban J connectivity index is 1.77. The predicted molar refractivity (Wildman–Crippen MR) is 86.0 cm³/mol. The molecule has 0 spiro atoms. The van der Waals surface area contributed by atoms with E-state index >= 15 is 0 Å². The van der Waals surface area contributed by atoms with Gasteiger partial charge in [-0.25, -0.2) is 4.79 Å². The second-order valence-corrected chi connectivity index (χ2v) is 5.33. The van der Waals surface area contributed by atoms with Crippen LogP contribution in [0.1, 0.15) is 34.1 Å². The van der Waals surface area contributed by atoms with E-state index in [0.29, 0.717) is 31.0 Å². The molecule has 8 nitrogen and oxygen atoms in total. The Bertz CT molecular complexity index is 835. The zero-order chi connectivity index (χ0) is 17.1. The highest BCUT2D eigenvalue weighted by Gasteiger charge is 2.28. The highest BCUT2D eigenvalue weighted by molar-refractivity contribution is 6.05. The van der Waals surface area contributed by atoms with Gasteiger partial charge < -0.3 is 15.5 Å². The van der Waals surface area contributed by atoms with E-state index in [1.165, 1.54) is 0 Å². The van der Waals surface area contributed by atoms with Crippen LogP contribution in [0, 0.1) is 11.3 Å². The van der Waals surface area contributed by atoms with E-state index in [0.717, 1.165) is 11.3 Å². The van der Waals surface area contributed by atoms with Crippen LogP contribution in [0.2, 0.25) is 0 Å². The zero-order valence-corrected chi connectivity index (χ0v) is 13.1. The quantitative estimate of drug-likeness (QED) is 0.795. The van der Waals surface area contributed by atoms with Crippen molar-refractivity contribution in [2.24, 2.45) is 0 Å². The van der Waals surface area contributed by atoms with Crippen LogP contribution in [0.15, 0.2) is 24.3 Å². The Morgan fingerprint density at radius 1 is 1.38 bits per heavy atom. The summed E-state index contributed by atoms with van der Waals surface area (Å²) in [6, 6.07) is 8.40. The van der Waals surface area contributed by atoms with Crippen LogP contribution in [-0.2, 0) is 13.1 Å². The minimum absolute atomic E-state index is 0.158. The molecular formula is C16H16N6O2. The van der Waals surface area contributed by atoms with Gasteiger partial charge in [0.25, 0.3) is 5.91 Å². The first-order valence-electron chi connectivity index (χ1n) is 7.53. The van der Waals surface area contributed by atoms with Crippen molar-refractivity contribution in [1.82, 2.24) is 20.4 Å². The van der Waals surface area contributed by atoms with E-state index in [-0.39, 0.29) is 11.6 Å². The summed E-state index contributed by atoms with van der Waals surface area (Å²) < 4.78 is 0. The lowest BCUT2D eigenvalue weighted by Crippen LogP contribution is -2.36. The largest absolute Gasteiger partial charge is 0.338 e. The topological polar surface area (TPSA) is 114 Å². The molecule has 0 fully saturated rings. The van der Waals surface area contributed by atoms with Gasteiger partial charge in [-0.2, -0.15) is 10.4 Å². The summed E-state index contributed by atoms with van der Waals surface area (Å²) in [5, 5.41) is 21.5. The summed E-state index contributed by atoms with van der Waals surface area (Å²) in [6.07, 6.45) is 0. The van der Waals surface area contributed by atoms with Crippen LogP contribution < -0.4 is 10.6 Å². The SMILES string of the molecule is CCNC(=O)N1Cc2[nH]nc(NC(=O)c3ccccc3C#N)c2C1. The second-order valence-electron chi connectivity index (χ2n) is 5.33. The first-order valence-corrected chi connectivity index (χ1v) is 7.53. The number of rotatable bonds is 3. The van der Waals surface area contributed by atoms with Gasteiger partial charge in [0.2, 0.25) is 0 Å². The Kier molecular flexibility index (Phi) is 4.16. The van der Waals surface area contributed by atoms with Crippen molar-refractivity contribution in [3.63, 3.8) is 0 Å². The van der Waals surface area contributed by atoms with E-state index < -0.39 is 5.91 Å². The van der Waals surface area contributed by atoms with Crippen LogP contribution in [0.25, 0.3) is 0 Å². The van der Waals surface area contributed by atoms with Gasteiger partial charge in [-0.15, -0.1) is 0 Å². The highest BCUT2D eigenvalue weighted by Crippen LogP contribution is 2.27. The van der Waals surface area contributed by atoms with E-state index in [1.807, 2.05) is 13.0 Å². The first kappa shape index (κ1) is 15.6. The minimum atomic E-state index is -0.405. The number of anilines is 1. The third-order valence-corrected chi connectivity index (χ3v) is 3.79. The van der Waals surface area contributed by atoms with Crippen molar-refractivity contribution >= 4 is 17.8 Å². The molecule has 2 aromatic rings. The number of hydrogen-bond donors (Lipinski definition) is 3. The molecule has 122 valence electrons. The normalized spacial score (nSPS) is 12.4. The Hall–Kier alpha value is -3.34. The molecule has 0 radical (unpaired) electrons. The molecule has 8 heteroatoms. The van der Waals surface area contributed by atoms with E-state index in [1.54, 1.807) is 29.2 Å². The fourth-order valence-corrected chi connectivity index (χ4v) is 2.60. The minimum Gasteiger partial charge on any atom is -0.338 e. The van der Waals surface area contributed by atoms with Crippen molar-refractivity contribution < 1.29 is 9.59 Å². The molecule has 3 N–H and O–H groups in total. The Morgan fingerprint density at radius 2 is 2.17 bits per heavy atom. The van der Waals surface area contributed by atoms with Gasteiger partial charge in [-0.3, -0.25) is 9.89 Å². The molecule has 3 rings (SSSR count). The summed E-state index contributed by atoms with van der Waals surface area (Å²) in [5.41, 5.74) is 2.16. The molecule has 3 amide bonds. The van der Waals surface area contributed by atoms with Crippen molar-refractivity contribution in [3.05, 3.63) is 46.6 Å². The average Bonchev–Trinajstić information content (AvgIpc) is 3.17. The summed E-state index contributed by atoms with van der Waals surface area (Å²) in [6.45, 7) is 3.19. The zero-order valence-electron chi connectivity index (χ0n) is 13.1. The van der Waals surface area contributed by atoms with E-state index in [2.05, 4.69) is 20.8 Å². The molecule has 0 saturated carbocycles. The Labute approximate surface area is 138 Å². The molecule has 1 aliphatic rings. The molecule has 24 heavy (non-hydrogen) atoms. The second kappa shape index (κ2) is 6.42. The third-order valence-electron chi connectivity index (χ3n) is 3.79. The number of carbonyl (C=O) groups is 2. The highest BCUT2D eigenvalue weighted by atomic mass is 16.2. The van der Waals surface area contributed by atoms with Gasteiger partial charge >= 0.3 is 6.03 Å². The van der Waals surface area contributed by atoms with Crippen molar-refractivity contribution in [1.29, 1.82) is 5.26 Å². The molecule has 2 heterocycles. The standard InChI is InChI=1S/C16H16N6O2/c1-2-18-16(24)22-8-12-13(9-22)20-21-14(12)19-15(23)11-6-4-3-5-10(11)7-17/h3-6H,2,8-9H2,1H3,(H,18,24)(H2,19,20,21,23). The number of nitriles is 1. The number of fused-ring (bicyclic) bond motifs is 1. The van der Waals surface area contributed by atoms with Crippen LogP contribution in [0.3, 0.4) is 0 Å². The number of hydrogen-bond acceptors (Lipinski definition) is 4. The lowest BCUT2D eigenvalue weighted by Gasteiger charge is -2.15. The number of benzene rings is 1. The maximum Gasteiger partial charge on any atom is 0.318 e. The molecular weight excluding hydrogens is 308 g/mol. The fraction of sp³-hybridized carbons (Fsp3) is 0.250. The number of carbonyl (C=O) groups excluding carboxylic acids is 2. The smallest absolute Gasteiger partial charge is 0.318 e. The molecule has 0 bridgehead atoms. The number of aromatic nitrogens is 2. The molecule has 0 saturated heterocycles. The molecule has 0 aliphatic carbocycles. The maximum absolute atomic E-state index is 12.4. The summed E-state index contributed by atoms with van der Waals surface area (Å²) in [4.78, 5) is 25.9. The van der Waals surface area contributed by atoms with Gasteiger partial charge in [0.05, 0.1) is 36.0 Å². The molecule has 1 aromatic carbocycles. The van der Waals surface area contributed by atoms with Gasteiger partial charge in [0, 0.05) is 12.1 Å². The third kappa shape index (κ3) is 2.79. The van der Waals surface area contributed by atoms with Crippen LogP contribution >= 0.6 is 0 Å². The lowest BCUT2D eigenvalue weighted by molar-refractivity contribution is 0.102. The van der Waals surface area contributed by atoms with Gasteiger partial charge in [0.1, 0.15) is 0 Å². The van der Waals surface area contributed by atoms with Crippen LogP contribution in [-0.4, -0.2) is 33.6 Å². The fourth-order valence-electron chi connectivity index (χ4n) is 2.60. The summed E-state index contributed by atoms with van der Waals surface area (Å²) >= 11 is 0. The van der Waals surface area contributed by atoms with Crippen molar-refractivity contribution in [3.8, 4) is 6.07 Å². The van der Waals surface area contributed by atoms with E-state index in [4.69, 9.17) is 5.26 Å². The molecule has 1 aliphatic heterocycles. The predicted octanol–water partition coefficient (Wildman–Crippen LogP) is 1.58. The summed E-state index contributed by atoms with van der Waals surface area (Å²) in [5.74, 6) is -0.0209. The summed E-state index contributed by atoms with van der Waals surface area (Å²) in [7, 11) is 0. The van der Waals surface area contributed by atoms with Gasteiger partial charge in [-0.1, -0.05) is 12.1 Å².